The Hall–Kier alpha value is -3.00. The monoisotopic (exact) mass is 484 g/mol. The maximum Gasteiger partial charge on any atom is 0.407 e. The molecule has 0 saturated heterocycles. The molecule has 3 rings (SSSR count). The van der Waals surface area contributed by atoms with Crippen LogP contribution in [0.4, 0.5) is 4.79 Å². The number of carboxylic acids is 1. The van der Waals surface area contributed by atoms with Gasteiger partial charge in [0, 0.05) is 18.2 Å². The number of nitrogens with zero attached hydrogens (tertiary/aromatic N) is 1. The molecule has 2 aromatic carbocycles. The predicted octanol–water partition coefficient (Wildman–Crippen LogP) is 4.22. The van der Waals surface area contributed by atoms with E-state index in [1.54, 1.807) is 0 Å². The predicted molar refractivity (Wildman–Crippen MR) is 134 cm³/mol. The number of hydrogen-bond donors (Lipinski definition) is 2. The second kappa shape index (κ2) is 11.0. The highest BCUT2D eigenvalue weighted by atomic mass is 32.2. The molecule has 1 aliphatic rings. The lowest BCUT2D eigenvalue weighted by Gasteiger charge is -2.34. The largest absolute Gasteiger partial charge is 0.480 e. The van der Waals surface area contributed by atoms with Gasteiger partial charge in [-0.25, -0.2) is 4.79 Å². The van der Waals surface area contributed by atoms with Gasteiger partial charge in [0.25, 0.3) is 0 Å². The molecule has 1 aliphatic carbocycles. The Labute approximate surface area is 204 Å². The number of carboxylic acid groups (broad SMARTS) is 1. The van der Waals surface area contributed by atoms with Crippen LogP contribution in [0.1, 0.15) is 37.8 Å². The Morgan fingerprint density at radius 1 is 1.06 bits per heavy atom. The summed E-state index contributed by atoms with van der Waals surface area (Å²) in [5, 5.41) is 12.0. The smallest absolute Gasteiger partial charge is 0.407 e. The van der Waals surface area contributed by atoms with Gasteiger partial charge in [0.15, 0.2) is 0 Å². The number of nitrogens with one attached hydrogen (secondary N) is 1. The van der Waals surface area contributed by atoms with Crippen LogP contribution in [0.3, 0.4) is 0 Å². The summed E-state index contributed by atoms with van der Waals surface area (Å²) in [5.41, 5.74) is 3.83. The van der Waals surface area contributed by atoms with Gasteiger partial charge in [0.1, 0.15) is 19.2 Å². The maximum atomic E-state index is 13.2. The number of alkyl carbamates (subject to hydrolysis) is 1. The summed E-state index contributed by atoms with van der Waals surface area (Å²) < 4.78 is 5.62. The molecule has 0 aliphatic heterocycles. The van der Waals surface area contributed by atoms with Crippen molar-refractivity contribution in [2.45, 2.75) is 32.7 Å². The summed E-state index contributed by atoms with van der Waals surface area (Å²) in [5.74, 6) is -1.02. The highest BCUT2D eigenvalue weighted by Gasteiger charge is 2.37. The van der Waals surface area contributed by atoms with E-state index < -0.39 is 36.0 Å². The summed E-state index contributed by atoms with van der Waals surface area (Å²) in [4.78, 5) is 38.6. The van der Waals surface area contributed by atoms with Crippen LogP contribution in [-0.2, 0) is 14.3 Å². The van der Waals surface area contributed by atoms with Gasteiger partial charge in [-0.15, -0.1) is 0 Å². The minimum Gasteiger partial charge on any atom is -0.480 e. The van der Waals surface area contributed by atoms with Gasteiger partial charge in [0.05, 0.1) is 0 Å². The van der Waals surface area contributed by atoms with Crippen LogP contribution >= 0.6 is 11.8 Å². The van der Waals surface area contributed by atoms with Crippen molar-refractivity contribution in [3.8, 4) is 11.1 Å². The van der Waals surface area contributed by atoms with Crippen molar-refractivity contribution in [3.63, 3.8) is 0 Å². The number of aliphatic carboxylic acids is 1. The number of hydrogen-bond acceptors (Lipinski definition) is 5. The normalized spacial score (nSPS) is 13.5. The molecule has 1 atom stereocenters. The van der Waals surface area contributed by atoms with E-state index in [1.165, 1.54) is 16.7 Å². The fourth-order valence-corrected chi connectivity index (χ4v) is 4.62. The summed E-state index contributed by atoms with van der Waals surface area (Å²) >= 11 is 1.52. The van der Waals surface area contributed by atoms with E-state index >= 15 is 0 Å². The third-order valence-electron chi connectivity index (χ3n) is 5.92. The van der Waals surface area contributed by atoms with Crippen LogP contribution in [0.5, 0.6) is 0 Å². The standard InChI is InChI=1S/C26H32N2O5S/c1-26(2,3)23(24(31)28(13-14-34-4)15-22(29)30)27-25(32)33-16-21-19-11-7-5-9-17(19)18-10-6-8-12-20(18)21/h5-12,21,23H,13-16H2,1-4H3,(H,27,32)(H,29,30). The molecule has 2 amide bonds. The fourth-order valence-electron chi connectivity index (χ4n) is 4.22. The summed E-state index contributed by atoms with van der Waals surface area (Å²) in [6.07, 6.45) is 1.19. The maximum absolute atomic E-state index is 13.2. The number of thioether (sulfide) groups is 1. The van der Waals surface area contributed by atoms with E-state index in [2.05, 4.69) is 17.4 Å². The van der Waals surface area contributed by atoms with Crippen LogP contribution < -0.4 is 5.32 Å². The third-order valence-corrected chi connectivity index (χ3v) is 6.51. The number of amides is 2. The Bertz CT molecular complexity index is 1000. The first-order valence-electron chi connectivity index (χ1n) is 11.2. The van der Waals surface area contributed by atoms with E-state index in [-0.39, 0.29) is 19.1 Å². The molecule has 2 N–H and O–H groups in total. The molecule has 8 heteroatoms. The number of benzene rings is 2. The summed E-state index contributed by atoms with van der Waals surface area (Å²) in [6.45, 7) is 5.48. The van der Waals surface area contributed by atoms with Crippen molar-refractivity contribution in [3.05, 3.63) is 59.7 Å². The topological polar surface area (TPSA) is 95.9 Å². The van der Waals surface area contributed by atoms with E-state index in [9.17, 15) is 19.5 Å². The van der Waals surface area contributed by atoms with E-state index in [0.717, 1.165) is 22.3 Å². The van der Waals surface area contributed by atoms with Crippen molar-refractivity contribution in [2.24, 2.45) is 5.41 Å². The molecule has 0 heterocycles. The van der Waals surface area contributed by atoms with Gasteiger partial charge in [0.2, 0.25) is 5.91 Å². The van der Waals surface area contributed by atoms with Crippen molar-refractivity contribution in [1.29, 1.82) is 0 Å². The van der Waals surface area contributed by atoms with Gasteiger partial charge in [-0.1, -0.05) is 69.3 Å². The lowest BCUT2D eigenvalue weighted by Crippen LogP contribution is -2.56. The Morgan fingerprint density at radius 3 is 2.12 bits per heavy atom. The second-order valence-electron chi connectivity index (χ2n) is 9.42. The van der Waals surface area contributed by atoms with Crippen LogP contribution in [0.2, 0.25) is 0 Å². The molecule has 182 valence electrons. The molecule has 0 fully saturated rings. The van der Waals surface area contributed by atoms with E-state index in [4.69, 9.17) is 4.74 Å². The molecule has 0 aromatic heterocycles. The molecule has 7 nitrogen and oxygen atoms in total. The minimum absolute atomic E-state index is 0.0907. The number of carbonyl (C=O) groups excluding carboxylic acids is 2. The van der Waals surface area contributed by atoms with Gasteiger partial charge < -0.3 is 20.1 Å². The van der Waals surface area contributed by atoms with Gasteiger partial charge in [-0.3, -0.25) is 9.59 Å². The summed E-state index contributed by atoms with van der Waals surface area (Å²) in [6, 6.07) is 15.2. The Balaban J connectivity index is 1.72. The highest BCUT2D eigenvalue weighted by molar-refractivity contribution is 7.98. The average Bonchev–Trinajstić information content (AvgIpc) is 3.11. The van der Waals surface area contributed by atoms with Gasteiger partial charge >= 0.3 is 12.1 Å². The van der Waals surface area contributed by atoms with Crippen LogP contribution in [0.25, 0.3) is 11.1 Å². The first-order chi connectivity index (χ1) is 16.1. The number of carbonyl (C=O) groups is 3. The summed E-state index contributed by atoms with van der Waals surface area (Å²) in [7, 11) is 0. The van der Waals surface area contributed by atoms with Crippen molar-refractivity contribution in [2.75, 3.05) is 31.7 Å². The second-order valence-corrected chi connectivity index (χ2v) is 10.4. The van der Waals surface area contributed by atoms with E-state index in [1.807, 2.05) is 63.4 Å². The molecule has 0 spiro atoms. The van der Waals surface area contributed by atoms with Crippen LogP contribution in [0, 0.1) is 5.41 Å². The Kier molecular flexibility index (Phi) is 8.25. The molecule has 2 aromatic rings. The quantitative estimate of drug-likeness (QED) is 0.553. The SMILES string of the molecule is CSCCN(CC(=O)O)C(=O)C(NC(=O)OCC1c2ccccc2-c2ccccc21)C(C)(C)C. The highest BCUT2D eigenvalue weighted by Crippen LogP contribution is 2.44. The molecule has 1 unspecified atom stereocenters. The zero-order chi connectivity index (χ0) is 24.9. The molecular weight excluding hydrogens is 452 g/mol. The first kappa shape index (κ1) is 25.6. The first-order valence-corrected chi connectivity index (χ1v) is 12.6. The molecule has 34 heavy (non-hydrogen) atoms. The zero-order valence-corrected chi connectivity index (χ0v) is 20.9. The van der Waals surface area contributed by atoms with Gasteiger partial charge in [-0.05, 0) is 33.9 Å². The lowest BCUT2D eigenvalue weighted by molar-refractivity contribution is -0.146. The minimum atomic E-state index is -1.09. The number of ether oxygens (including phenoxy) is 1. The Morgan fingerprint density at radius 2 is 1.62 bits per heavy atom. The third kappa shape index (κ3) is 5.91. The molecule has 0 radical (unpaired) electrons. The van der Waals surface area contributed by atoms with Crippen LogP contribution in [-0.4, -0.2) is 65.7 Å². The van der Waals surface area contributed by atoms with Gasteiger partial charge in [-0.2, -0.15) is 11.8 Å². The zero-order valence-electron chi connectivity index (χ0n) is 20.0. The average molecular weight is 485 g/mol. The molecule has 0 saturated carbocycles. The fraction of sp³-hybridized carbons (Fsp3) is 0.423. The van der Waals surface area contributed by atoms with E-state index in [0.29, 0.717) is 5.75 Å². The van der Waals surface area contributed by atoms with Crippen molar-refractivity contribution >= 4 is 29.7 Å². The number of fused-ring (bicyclic) bond motifs is 3. The number of rotatable bonds is 9. The van der Waals surface area contributed by atoms with Crippen molar-refractivity contribution < 1.29 is 24.2 Å². The van der Waals surface area contributed by atoms with Crippen molar-refractivity contribution in [1.82, 2.24) is 10.2 Å². The molecular formula is C26H32N2O5S. The van der Waals surface area contributed by atoms with Crippen LogP contribution in [0.15, 0.2) is 48.5 Å². The molecule has 0 bridgehead atoms. The lowest BCUT2D eigenvalue weighted by atomic mass is 9.86.